The molecule has 0 radical (unpaired) electrons. The summed E-state index contributed by atoms with van der Waals surface area (Å²) < 4.78 is 4.68. The number of carbonyl (C=O) groups is 2. The molecule has 0 heterocycles. The molecule has 0 aromatic rings. The van der Waals surface area contributed by atoms with Crippen LogP contribution in [0.5, 0.6) is 0 Å². The zero-order valence-corrected chi connectivity index (χ0v) is 9.07. The number of rotatable bonds is 4. The quantitative estimate of drug-likeness (QED) is 0.711. The summed E-state index contributed by atoms with van der Waals surface area (Å²) in [6, 6.07) is 0. The monoisotopic (exact) mass is 214 g/mol. The summed E-state index contributed by atoms with van der Waals surface area (Å²) in [5, 5.41) is 9.54. The van der Waals surface area contributed by atoms with Crippen molar-refractivity contribution in [2.75, 3.05) is 6.61 Å². The zero-order valence-electron chi connectivity index (χ0n) is 9.07. The molecule has 4 heteroatoms. The molecule has 1 aliphatic rings. The fourth-order valence-electron chi connectivity index (χ4n) is 1.91. The topological polar surface area (TPSA) is 63.6 Å². The van der Waals surface area contributed by atoms with Gasteiger partial charge in [0.15, 0.2) is 0 Å². The molecule has 0 aromatic heterocycles. The van der Waals surface area contributed by atoms with E-state index >= 15 is 0 Å². The maximum absolute atomic E-state index is 11.4. The molecule has 1 aliphatic carbocycles. The van der Waals surface area contributed by atoms with Crippen LogP contribution in [0.25, 0.3) is 0 Å². The van der Waals surface area contributed by atoms with Crippen LogP contribution >= 0.6 is 0 Å². The van der Waals surface area contributed by atoms with Crippen molar-refractivity contribution in [1.29, 1.82) is 0 Å². The molecule has 0 spiro atoms. The van der Waals surface area contributed by atoms with Gasteiger partial charge in [-0.1, -0.05) is 6.42 Å². The molecule has 0 saturated heterocycles. The van der Waals surface area contributed by atoms with E-state index in [9.17, 15) is 14.7 Å². The summed E-state index contributed by atoms with van der Waals surface area (Å²) in [5.41, 5.74) is 0. The van der Waals surface area contributed by atoms with Crippen molar-refractivity contribution in [3.63, 3.8) is 0 Å². The lowest BCUT2D eigenvalue weighted by molar-refractivity contribution is -0.144. The van der Waals surface area contributed by atoms with Crippen molar-refractivity contribution in [3.8, 4) is 0 Å². The first-order valence-electron chi connectivity index (χ1n) is 5.43. The molecule has 0 amide bonds. The van der Waals surface area contributed by atoms with E-state index in [1.807, 2.05) is 0 Å². The molecular formula is C11H18O4. The van der Waals surface area contributed by atoms with E-state index in [2.05, 4.69) is 4.74 Å². The number of aliphatic hydroxyl groups is 1. The van der Waals surface area contributed by atoms with Crippen molar-refractivity contribution in [1.82, 2.24) is 0 Å². The van der Waals surface area contributed by atoms with E-state index in [0.717, 1.165) is 19.3 Å². The summed E-state index contributed by atoms with van der Waals surface area (Å²) in [6.07, 6.45) is 3.22. The summed E-state index contributed by atoms with van der Waals surface area (Å²) in [4.78, 5) is 22.0. The molecule has 1 rings (SSSR count). The van der Waals surface area contributed by atoms with Crippen LogP contribution in [0.2, 0.25) is 0 Å². The highest BCUT2D eigenvalue weighted by Crippen LogP contribution is 2.24. The Balaban J connectivity index is 2.26. The van der Waals surface area contributed by atoms with Gasteiger partial charge in [-0.2, -0.15) is 0 Å². The molecular weight excluding hydrogens is 196 g/mol. The van der Waals surface area contributed by atoms with Crippen molar-refractivity contribution in [2.45, 2.75) is 45.1 Å². The largest absolute Gasteiger partial charge is 0.463 e. The van der Waals surface area contributed by atoms with Crippen LogP contribution in [-0.4, -0.2) is 29.6 Å². The second kappa shape index (κ2) is 5.85. The summed E-state index contributed by atoms with van der Waals surface area (Å²) in [5.74, 6) is -0.198. The van der Waals surface area contributed by atoms with Gasteiger partial charge in [0.05, 0.1) is 6.10 Å². The average Bonchev–Trinajstić information content (AvgIpc) is 2.18. The van der Waals surface area contributed by atoms with Gasteiger partial charge in [-0.15, -0.1) is 0 Å². The Morgan fingerprint density at radius 1 is 1.60 bits per heavy atom. The second-order valence-electron chi connectivity index (χ2n) is 4.10. The van der Waals surface area contributed by atoms with Gasteiger partial charge in [0.25, 0.3) is 0 Å². The number of aliphatic hydroxyl groups excluding tert-OH is 1. The number of ketones is 1. The Labute approximate surface area is 89.6 Å². The van der Waals surface area contributed by atoms with Crippen LogP contribution < -0.4 is 0 Å². The van der Waals surface area contributed by atoms with Gasteiger partial charge in [-0.25, -0.2) is 0 Å². The minimum absolute atomic E-state index is 0.000880. The predicted molar refractivity (Wildman–Crippen MR) is 54.2 cm³/mol. The van der Waals surface area contributed by atoms with Gasteiger partial charge in [0.1, 0.15) is 12.4 Å². The molecule has 0 bridgehead atoms. The van der Waals surface area contributed by atoms with Crippen LogP contribution in [0.1, 0.15) is 39.0 Å². The normalized spacial score (nSPS) is 23.6. The number of ether oxygens (including phenoxy) is 1. The highest BCUT2D eigenvalue weighted by Gasteiger charge is 2.24. The molecule has 2 atom stereocenters. The first-order chi connectivity index (χ1) is 7.09. The fraction of sp³-hybridized carbons (Fsp3) is 0.818. The van der Waals surface area contributed by atoms with Crippen LogP contribution in [0.15, 0.2) is 0 Å². The van der Waals surface area contributed by atoms with Gasteiger partial charge in [0.2, 0.25) is 0 Å². The number of hydrogen-bond donors (Lipinski definition) is 1. The van der Waals surface area contributed by atoms with Gasteiger partial charge in [-0.3, -0.25) is 9.59 Å². The van der Waals surface area contributed by atoms with E-state index in [-0.39, 0.29) is 18.3 Å². The zero-order chi connectivity index (χ0) is 11.3. The standard InChI is InChI=1S/C11H18O4/c1-8(12)15-7-10(13)6-9-4-2-3-5-11(9)14/h9-10,13H,2-7H2,1H3. The molecule has 2 unspecified atom stereocenters. The van der Waals surface area contributed by atoms with Crippen LogP contribution in [0, 0.1) is 5.92 Å². The molecule has 0 aromatic carbocycles. The third kappa shape index (κ3) is 4.42. The maximum atomic E-state index is 11.4. The Kier molecular flexibility index (Phi) is 4.75. The summed E-state index contributed by atoms with van der Waals surface area (Å²) >= 11 is 0. The maximum Gasteiger partial charge on any atom is 0.302 e. The fourth-order valence-corrected chi connectivity index (χ4v) is 1.91. The van der Waals surface area contributed by atoms with E-state index in [1.165, 1.54) is 6.92 Å². The highest BCUT2D eigenvalue weighted by atomic mass is 16.5. The number of esters is 1. The molecule has 1 saturated carbocycles. The third-order valence-corrected chi connectivity index (χ3v) is 2.72. The first-order valence-corrected chi connectivity index (χ1v) is 5.43. The molecule has 1 N–H and O–H groups in total. The molecule has 4 nitrogen and oxygen atoms in total. The van der Waals surface area contributed by atoms with E-state index in [1.54, 1.807) is 0 Å². The minimum Gasteiger partial charge on any atom is -0.463 e. The smallest absolute Gasteiger partial charge is 0.302 e. The van der Waals surface area contributed by atoms with Gasteiger partial charge in [0, 0.05) is 19.3 Å². The third-order valence-electron chi connectivity index (χ3n) is 2.72. The van der Waals surface area contributed by atoms with Crippen LogP contribution in [0.4, 0.5) is 0 Å². The predicted octanol–water partition coefficient (Wildman–Crippen LogP) is 1.06. The van der Waals surface area contributed by atoms with Gasteiger partial charge < -0.3 is 9.84 Å². The molecule has 86 valence electrons. The van der Waals surface area contributed by atoms with Crippen molar-refractivity contribution < 1.29 is 19.4 Å². The lowest BCUT2D eigenvalue weighted by atomic mass is 9.84. The van der Waals surface area contributed by atoms with Crippen molar-refractivity contribution >= 4 is 11.8 Å². The summed E-state index contributed by atoms with van der Waals surface area (Å²) in [6.45, 7) is 1.30. The van der Waals surface area contributed by atoms with Crippen LogP contribution in [0.3, 0.4) is 0 Å². The Morgan fingerprint density at radius 3 is 2.93 bits per heavy atom. The SMILES string of the molecule is CC(=O)OCC(O)CC1CCCCC1=O. The Hall–Kier alpha value is -0.900. The summed E-state index contributed by atoms with van der Waals surface area (Å²) in [7, 11) is 0. The number of carbonyl (C=O) groups excluding carboxylic acids is 2. The van der Waals surface area contributed by atoms with E-state index in [4.69, 9.17) is 0 Å². The number of hydrogen-bond acceptors (Lipinski definition) is 4. The van der Waals surface area contributed by atoms with E-state index in [0.29, 0.717) is 12.8 Å². The van der Waals surface area contributed by atoms with Crippen molar-refractivity contribution in [3.05, 3.63) is 0 Å². The first kappa shape index (κ1) is 12.2. The van der Waals surface area contributed by atoms with Crippen LogP contribution in [-0.2, 0) is 14.3 Å². The minimum atomic E-state index is -0.707. The lowest BCUT2D eigenvalue weighted by Crippen LogP contribution is -2.27. The molecule has 15 heavy (non-hydrogen) atoms. The van der Waals surface area contributed by atoms with Crippen molar-refractivity contribution in [2.24, 2.45) is 5.92 Å². The van der Waals surface area contributed by atoms with Gasteiger partial charge in [-0.05, 0) is 19.3 Å². The highest BCUT2D eigenvalue weighted by molar-refractivity contribution is 5.81. The lowest BCUT2D eigenvalue weighted by Gasteiger charge is -2.22. The Bertz CT molecular complexity index is 237. The molecule has 0 aliphatic heterocycles. The Morgan fingerprint density at radius 2 is 2.33 bits per heavy atom. The number of Topliss-reactive ketones (excluding diaryl/α,β-unsaturated/α-hetero) is 1. The molecule has 1 fully saturated rings. The second-order valence-corrected chi connectivity index (χ2v) is 4.10. The van der Waals surface area contributed by atoms with Gasteiger partial charge >= 0.3 is 5.97 Å². The van der Waals surface area contributed by atoms with E-state index < -0.39 is 12.1 Å². The average molecular weight is 214 g/mol.